The van der Waals surface area contributed by atoms with E-state index >= 15 is 0 Å². The van der Waals surface area contributed by atoms with E-state index in [1.807, 2.05) is 49.9 Å². The topological polar surface area (TPSA) is 54.8 Å². The van der Waals surface area contributed by atoms with Crippen LogP contribution in [-0.4, -0.2) is 58.7 Å². The third-order valence-electron chi connectivity index (χ3n) is 5.39. The molecule has 0 spiro atoms. The van der Waals surface area contributed by atoms with E-state index in [9.17, 15) is 9.59 Å². The highest BCUT2D eigenvalue weighted by Crippen LogP contribution is 2.24. The van der Waals surface area contributed by atoms with Crippen molar-refractivity contribution in [1.29, 1.82) is 0 Å². The second-order valence-corrected chi connectivity index (χ2v) is 8.95. The van der Waals surface area contributed by atoms with Crippen molar-refractivity contribution >= 4 is 22.9 Å². The van der Waals surface area contributed by atoms with E-state index in [1.165, 1.54) is 0 Å². The second kappa shape index (κ2) is 8.47. The highest BCUT2D eigenvalue weighted by Gasteiger charge is 2.29. The summed E-state index contributed by atoms with van der Waals surface area (Å²) in [6.45, 7) is 10.4. The number of carbonyl (C=O) groups is 2. The molecule has 0 bridgehead atoms. The number of hydrogen-bond donors (Lipinski definition) is 0. The van der Waals surface area contributed by atoms with Gasteiger partial charge in [-0.25, -0.2) is 4.79 Å². The number of amides is 2. The molecular weight excluding hydrogens is 366 g/mol. The van der Waals surface area contributed by atoms with Gasteiger partial charge in [-0.2, -0.15) is 0 Å². The Balaban J connectivity index is 1.69. The van der Waals surface area contributed by atoms with Crippen LogP contribution in [0.5, 0.6) is 0 Å². The number of para-hydroxylation sites is 1. The normalized spacial score (nSPS) is 17.4. The molecule has 2 heterocycles. The van der Waals surface area contributed by atoms with Gasteiger partial charge in [0.1, 0.15) is 11.3 Å². The van der Waals surface area contributed by atoms with Crippen molar-refractivity contribution in [3.63, 3.8) is 0 Å². The number of hydrogen-bond acceptors (Lipinski definition) is 3. The van der Waals surface area contributed by atoms with Gasteiger partial charge in [-0.3, -0.25) is 4.79 Å². The second-order valence-electron chi connectivity index (χ2n) is 8.95. The average molecular weight is 400 g/mol. The number of likely N-dealkylation sites (tertiary alicyclic amines) is 1. The van der Waals surface area contributed by atoms with Crippen LogP contribution < -0.4 is 0 Å². The number of piperidine rings is 1. The highest BCUT2D eigenvalue weighted by atomic mass is 16.6. The SMILES string of the molecule is CCn1c(C(=O)N2CCCC(CN(C)C(=O)OC(C)(C)C)C2)cc2ccccc21. The number of aryl methyl sites for hydroxylation is 1. The smallest absolute Gasteiger partial charge is 0.410 e. The predicted octanol–water partition coefficient (Wildman–Crippen LogP) is 4.38. The minimum absolute atomic E-state index is 0.0765. The van der Waals surface area contributed by atoms with Gasteiger partial charge in [0, 0.05) is 44.1 Å². The molecule has 2 amide bonds. The van der Waals surface area contributed by atoms with E-state index in [2.05, 4.69) is 17.6 Å². The molecule has 3 rings (SSSR count). The quantitative estimate of drug-likeness (QED) is 0.767. The maximum atomic E-state index is 13.3. The molecule has 0 N–H and O–H groups in total. The number of rotatable bonds is 4. The standard InChI is InChI=1S/C23H33N3O3/c1-6-26-19-12-8-7-11-18(19)14-20(26)21(27)25-13-9-10-17(16-25)15-24(5)22(28)29-23(2,3)4/h7-8,11-12,14,17H,6,9-10,13,15-16H2,1-5H3. The molecule has 1 aliphatic rings. The van der Waals surface area contributed by atoms with Crippen molar-refractivity contribution in [1.82, 2.24) is 14.4 Å². The molecule has 1 aromatic heterocycles. The number of aromatic nitrogens is 1. The van der Waals surface area contributed by atoms with Gasteiger partial charge in [0.05, 0.1) is 0 Å². The van der Waals surface area contributed by atoms with Gasteiger partial charge in [0.15, 0.2) is 0 Å². The Morgan fingerprint density at radius 1 is 1.24 bits per heavy atom. The minimum atomic E-state index is -0.506. The zero-order valence-electron chi connectivity index (χ0n) is 18.3. The molecular formula is C23H33N3O3. The first-order valence-electron chi connectivity index (χ1n) is 10.5. The summed E-state index contributed by atoms with van der Waals surface area (Å²) in [7, 11) is 1.77. The molecule has 29 heavy (non-hydrogen) atoms. The van der Waals surface area contributed by atoms with E-state index in [0.29, 0.717) is 13.1 Å². The van der Waals surface area contributed by atoms with Gasteiger partial charge in [-0.05, 0) is 58.6 Å². The van der Waals surface area contributed by atoms with E-state index in [0.717, 1.165) is 42.5 Å². The van der Waals surface area contributed by atoms with Crippen LogP contribution in [0.3, 0.4) is 0 Å². The van der Waals surface area contributed by atoms with Crippen LogP contribution in [0, 0.1) is 5.92 Å². The Hall–Kier alpha value is -2.50. The first-order valence-corrected chi connectivity index (χ1v) is 10.5. The minimum Gasteiger partial charge on any atom is -0.444 e. The van der Waals surface area contributed by atoms with E-state index in [4.69, 9.17) is 4.74 Å². The van der Waals surface area contributed by atoms with Crippen LogP contribution >= 0.6 is 0 Å². The van der Waals surface area contributed by atoms with Crippen LogP contribution in [0.4, 0.5) is 4.79 Å². The summed E-state index contributed by atoms with van der Waals surface area (Å²) in [5.74, 6) is 0.331. The van der Waals surface area contributed by atoms with Gasteiger partial charge in [-0.15, -0.1) is 0 Å². The van der Waals surface area contributed by atoms with Gasteiger partial charge in [-0.1, -0.05) is 18.2 Å². The van der Waals surface area contributed by atoms with Crippen molar-refractivity contribution < 1.29 is 14.3 Å². The lowest BCUT2D eigenvalue weighted by atomic mass is 9.97. The molecule has 6 heteroatoms. The van der Waals surface area contributed by atoms with Crippen molar-refractivity contribution in [3.8, 4) is 0 Å². The summed E-state index contributed by atoms with van der Waals surface area (Å²) < 4.78 is 7.54. The number of carbonyl (C=O) groups excluding carboxylic acids is 2. The lowest BCUT2D eigenvalue weighted by molar-refractivity contribution is 0.0244. The fraction of sp³-hybridized carbons (Fsp3) is 0.565. The largest absolute Gasteiger partial charge is 0.444 e. The summed E-state index contributed by atoms with van der Waals surface area (Å²) in [5, 5.41) is 1.09. The molecule has 1 aromatic carbocycles. The molecule has 1 atom stereocenters. The molecule has 158 valence electrons. The van der Waals surface area contributed by atoms with Crippen molar-refractivity contribution in [2.45, 2.75) is 52.7 Å². The Kier molecular flexibility index (Phi) is 6.20. The molecule has 0 saturated carbocycles. The van der Waals surface area contributed by atoms with E-state index in [1.54, 1.807) is 11.9 Å². The predicted molar refractivity (Wildman–Crippen MR) is 115 cm³/mol. The zero-order chi connectivity index (χ0) is 21.2. The Labute approximate surface area is 173 Å². The number of ether oxygens (including phenoxy) is 1. The first kappa shape index (κ1) is 21.2. The van der Waals surface area contributed by atoms with Gasteiger partial charge in [0.25, 0.3) is 5.91 Å². The van der Waals surface area contributed by atoms with Crippen LogP contribution in [-0.2, 0) is 11.3 Å². The molecule has 1 aliphatic heterocycles. The highest BCUT2D eigenvalue weighted by molar-refractivity contribution is 5.98. The molecule has 1 unspecified atom stereocenters. The van der Waals surface area contributed by atoms with Crippen LogP contribution in [0.15, 0.2) is 30.3 Å². The molecule has 0 aliphatic carbocycles. The molecule has 1 saturated heterocycles. The van der Waals surface area contributed by atoms with E-state index < -0.39 is 5.60 Å². The first-order chi connectivity index (χ1) is 13.7. The van der Waals surface area contributed by atoms with Gasteiger partial charge < -0.3 is 19.1 Å². The maximum absolute atomic E-state index is 13.3. The number of benzene rings is 1. The lowest BCUT2D eigenvalue weighted by Crippen LogP contribution is -2.45. The number of nitrogens with zero attached hydrogens (tertiary/aromatic N) is 3. The zero-order valence-corrected chi connectivity index (χ0v) is 18.3. The van der Waals surface area contributed by atoms with Crippen molar-refractivity contribution in [2.24, 2.45) is 5.92 Å². The van der Waals surface area contributed by atoms with Crippen molar-refractivity contribution in [2.75, 3.05) is 26.7 Å². The lowest BCUT2D eigenvalue weighted by Gasteiger charge is -2.35. The Bertz CT molecular complexity index is 881. The molecule has 6 nitrogen and oxygen atoms in total. The third kappa shape index (κ3) is 4.92. The number of fused-ring (bicyclic) bond motifs is 1. The van der Waals surface area contributed by atoms with Crippen LogP contribution in [0.2, 0.25) is 0 Å². The molecule has 1 fully saturated rings. The molecule has 2 aromatic rings. The summed E-state index contributed by atoms with van der Waals surface area (Å²) >= 11 is 0. The van der Waals surface area contributed by atoms with Gasteiger partial charge in [0.2, 0.25) is 0 Å². The fourth-order valence-corrected chi connectivity index (χ4v) is 4.09. The van der Waals surface area contributed by atoms with Gasteiger partial charge >= 0.3 is 6.09 Å². The summed E-state index contributed by atoms with van der Waals surface area (Å²) in [4.78, 5) is 29.1. The summed E-state index contributed by atoms with van der Waals surface area (Å²) in [6.07, 6.45) is 1.64. The fourth-order valence-electron chi connectivity index (χ4n) is 4.09. The van der Waals surface area contributed by atoms with E-state index in [-0.39, 0.29) is 17.9 Å². The van der Waals surface area contributed by atoms with Crippen LogP contribution in [0.25, 0.3) is 10.9 Å². The van der Waals surface area contributed by atoms with Crippen LogP contribution in [0.1, 0.15) is 51.0 Å². The summed E-state index contributed by atoms with van der Waals surface area (Å²) in [6, 6.07) is 10.1. The average Bonchev–Trinajstić information content (AvgIpc) is 3.04. The monoisotopic (exact) mass is 399 g/mol. The molecule has 0 radical (unpaired) electrons. The maximum Gasteiger partial charge on any atom is 0.410 e. The third-order valence-corrected chi connectivity index (χ3v) is 5.39. The summed E-state index contributed by atoms with van der Waals surface area (Å²) in [5.41, 5.74) is 1.33. The Morgan fingerprint density at radius 2 is 1.97 bits per heavy atom. The Morgan fingerprint density at radius 3 is 2.66 bits per heavy atom. The van der Waals surface area contributed by atoms with Crippen molar-refractivity contribution in [3.05, 3.63) is 36.0 Å².